The van der Waals surface area contributed by atoms with Gasteiger partial charge in [-0.1, -0.05) is 5.16 Å². The van der Waals surface area contributed by atoms with Gasteiger partial charge in [0.1, 0.15) is 5.82 Å². The number of carbonyl (C=O) groups excluding carboxylic acids is 2. The standard InChI is InChI=1S/C25H27FN4O5/c1-15-12-16(6-7-18(15)26)24-28-23(35-29-24)9-8-22(31)27-19-14-21(34-3)20(33-2)13-17(19)25(32)30-10-4-5-11-30/h6-7,12-14H,4-5,8-11H2,1-3H3,(H,27,31). The Morgan fingerprint density at radius 2 is 1.83 bits per heavy atom. The number of nitrogens with zero attached hydrogens (tertiary/aromatic N) is 3. The lowest BCUT2D eigenvalue weighted by molar-refractivity contribution is -0.116. The van der Waals surface area contributed by atoms with E-state index in [-0.39, 0.29) is 36.4 Å². The van der Waals surface area contributed by atoms with E-state index in [0.717, 1.165) is 12.8 Å². The van der Waals surface area contributed by atoms with Crippen LogP contribution in [0.5, 0.6) is 11.5 Å². The van der Waals surface area contributed by atoms with Crippen LogP contribution >= 0.6 is 0 Å². The topological polar surface area (TPSA) is 107 Å². The molecule has 0 aliphatic carbocycles. The monoisotopic (exact) mass is 482 g/mol. The van der Waals surface area contributed by atoms with Crippen LogP contribution in [-0.4, -0.2) is 54.2 Å². The van der Waals surface area contributed by atoms with E-state index >= 15 is 0 Å². The van der Waals surface area contributed by atoms with Crippen molar-refractivity contribution in [3.05, 3.63) is 53.2 Å². The number of hydrogen-bond acceptors (Lipinski definition) is 7. The highest BCUT2D eigenvalue weighted by atomic mass is 19.1. The van der Waals surface area contributed by atoms with Crippen LogP contribution in [0, 0.1) is 12.7 Å². The predicted octanol–water partition coefficient (Wildman–Crippen LogP) is 4.01. The van der Waals surface area contributed by atoms with Crippen molar-refractivity contribution in [2.45, 2.75) is 32.6 Å². The second-order valence-electron chi connectivity index (χ2n) is 8.28. The molecule has 4 rings (SSSR count). The minimum atomic E-state index is -0.329. The molecule has 1 saturated heterocycles. The molecule has 0 saturated carbocycles. The van der Waals surface area contributed by atoms with Gasteiger partial charge in [0.2, 0.25) is 17.6 Å². The lowest BCUT2D eigenvalue weighted by Gasteiger charge is -2.20. The van der Waals surface area contributed by atoms with Crippen LogP contribution in [0.2, 0.25) is 0 Å². The largest absolute Gasteiger partial charge is 0.493 e. The van der Waals surface area contributed by atoms with Crippen LogP contribution in [0.1, 0.15) is 41.1 Å². The Balaban J connectivity index is 1.47. The molecule has 10 heteroatoms. The Bertz CT molecular complexity index is 1240. The van der Waals surface area contributed by atoms with E-state index in [1.54, 1.807) is 36.1 Å². The minimum absolute atomic E-state index is 0.0514. The molecule has 1 N–H and O–H groups in total. The second-order valence-corrected chi connectivity index (χ2v) is 8.28. The number of anilines is 1. The SMILES string of the molecule is COc1cc(NC(=O)CCc2nc(-c3ccc(F)c(C)c3)no2)c(C(=O)N2CCCC2)cc1OC. The van der Waals surface area contributed by atoms with Crippen molar-refractivity contribution < 1.29 is 28.0 Å². The number of carbonyl (C=O) groups is 2. The normalized spacial score (nSPS) is 13.1. The Hall–Kier alpha value is -3.95. The van der Waals surface area contributed by atoms with E-state index in [4.69, 9.17) is 14.0 Å². The summed E-state index contributed by atoms with van der Waals surface area (Å²) in [6, 6.07) is 7.72. The Morgan fingerprint density at radius 1 is 1.11 bits per heavy atom. The first kappa shape index (κ1) is 24.2. The molecule has 0 atom stereocenters. The summed E-state index contributed by atoms with van der Waals surface area (Å²) < 4.78 is 29.5. The summed E-state index contributed by atoms with van der Waals surface area (Å²) in [4.78, 5) is 31.9. The van der Waals surface area contributed by atoms with Crippen molar-refractivity contribution in [3.8, 4) is 22.9 Å². The van der Waals surface area contributed by atoms with Crippen molar-refractivity contribution in [1.82, 2.24) is 15.0 Å². The summed E-state index contributed by atoms with van der Waals surface area (Å²) in [5.74, 6) is 0.589. The maximum Gasteiger partial charge on any atom is 0.256 e. The third-order valence-corrected chi connectivity index (χ3v) is 5.87. The zero-order valence-corrected chi connectivity index (χ0v) is 19.9. The van der Waals surface area contributed by atoms with E-state index in [0.29, 0.717) is 52.8 Å². The number of ether oxygens (including phenoxy) is 2. The summed E-state index contributed by atoms with van der Waals surface area (Å²) in [7, 11) is 2.98. The van der Waals surface area contributed by atoms with Crippen molar-refractivity contribution in [1.29, 1.82) is 0 Å². The Kier molecular flexibility index (Phi) is 7.28. The molecule has 0 unspecified atom stereocenters. The molecule has 1 aliphatic heterocycles. The number of amides is 2. The fourth-order valence-corrected chi connectivity index (χ4v) is 3.94. The average molecular weight is 483 g/mol. The average Bonchev–Trinajstić information content (AvgIpc) is 3.56. The van der Waals surface area contributed by atoms with E-state index in [2.05, 4.69) is 15.5 Å². The van der Waals surface area contributed by atoms with Gasteiger partial charge in [0.05, 0.1) is 25.5 Å². The van der Waals surface area contributed by atoms with Crippen molar-refractivity contribution in [2.24, 2.45) is 0 Å². The number of benzene rings is 2. The number of methoxy groups -OCH3 is 2. The van der Waals surface area contributed by atoms with Crippen LogP contribution < -0.4 is 14.8 Å². The van der Waals surface area contributed by atoms with Gasteiger partial charge in [0, 0.05) is 37.6 Å². The summed E-state index contributed by atoms with van der Waals surface area (Å²) >= 11 is 0. The summed E-state index contributed by atoms with van der Waals surface area (Å²) in [5.41, 5.74) is 1.78. The maximum atomic E-state index is 13.5. The number of hydrogen-bond donors (Lipinski definition) is 1. The molecular weight excluding hydrogens is 455 g/mol. The van der Waals surface area contributed by atoms with Gasteiger partial charge in [-0.15, -0.1) is 0 Å². The van der Waals surface area contributed by atoms with Crippen LogP contribution in [0.25, 0.3) is 11.4 Å². The Morgan fingerprint density at radius 3 is 2.51 bits per heavy atom. The minimum Gasteiger partial charge on any atom is -0.493 e. The highest BCUT2D eigenvalue weighted by Crippen LogP contribution is 2.34. The molecule has 2 heterocycles. The van der Waals surface area contributed by atoms with Crippen molar-refractivity contribution in [2.75, 3.05) is 32.6 Å². The summed E-state index contributed by atoms with van der Waals surface area (Å²) in [6.45, 7) is 3.00. The van der Waals surface area contributed by atoms with Crippen molar-refractivity contribution >= 4 is 17.5 Å². The van der Waals surface area contributed by atoms with Gasteiger partial charge in [0.25, 0.3) is 5.91 Å². The molecule has 1 aromatic heterocycles. The molecule has 0 radical (unpaired) electrons. The van der Waals surface area contributed by atoms with E-state index in [1.165, 1.54) is 20.3 Å². The molecule has 9 nitrogen and oxygen atoms in total. The number of rotatable bonds is 8. The van der Waals surface area contributed by atoms with Gasteiger partial charge in [-0.25, -0.2) is 4.39 Å². The zero-order chi connectivity index (χ0) is 24.9. The maximum absolute atomic E-state index is 13.5. The molecule has 2 amide bonds. The van der Waals surface area contributed by atoms with Crippen LogP contribution in [-0.2, 0) is 11.2 Å². The molecule has 0 bridgehead atoms. The quantitative estimate of drug-likeness (QED) is 0.517. The number of aryl methyl sites for hydroxylation is 2. The molecule has 1 fully saturated rings. The van der Waals surface area contributed by atoms with E-state index in [9.17, 15) is 14.0 Å². The molecule has 1 aliphatic rings. The summed E-state index contributed by atoms with van der Waals surface area (Å²) in [5, 5.41) is 6.73. The second kappa shape index (κ2) is 10.5. The van der Waals surface area contributed by atoms with Gasteiger partial charge in [-0.3, -0.25) is 9.59 Å². The molecular formula is C25H27FN4O5. The zero-order valence-electron chi connectivity index (χ0n) is 19.9. The van der Waals surface area contributed by atoms with Gasteiger partial charge < -0.3 is 24.2 Å². The van der Waals surface area contributed by atoms with Crippen LogP contribution in [0.15, 0.2) is 34.9 Å². The first-order valence-electron chi connectivity index (χ1n) is 11.3. The smallest absolute Gasteiger partial charge is 0.256 e. The van der Waals surface area contributed by atoms with Gasteiger partial charge in [-0.2, -0.15) is 4.98 Å². The highest BCUT2D eigenvalue weighted by Gasteiger charge is 2.25. The fraction of sp³-hybridized carbons (Fsp3) is 0.360. The summed E-state index contributed by atoms with van der Waals surface area (Å²) in [6.07, 6.45) is 2.15. The molecule has 184 valence electrons. The molecule has 3 aromatic rings. The lowest BCUT2D eigenvalue weighted by Crippen LogP contribution is -2.29. The number of likely N-dealkylation sites (tertiary alicyclic amines) is 1. The number of nitrogens with one attached hydrogen (secondary N) is 1. The lowest BCUT2D eigenvalue weighted by atomic mass is 10.1. The molecule has 35 heavy (non-hydrogen) atoms. The third kappa shape index (κ3) is 5.42. The van der Waals surface area contributed by atoms with Crippen LogP contribution in [0.3, 0.4) is 0 Å². The highest BCUT2D eigenvalue weighted by molar-refractivity contribution is 6.04. The molecule has 2 aromatic carbocycles. The van der Waals surface area contributed by atoms with Crippen molar-refractivity contribution in [3.63, 3.8) is 0 Å². The molecule has 0 spiro atoms. The van der Waals surface area contributed by atoms with Gasteiger partial charge >= 0.3 is 0 Å². The van der Waals surface area contributed by atoms with Gasteiger partial charge in [0.15, 0.2) is 11.5 Å². The fourth-order valence-electron chi connectivity index (χ4n) is 3.94. The van der Waals surface area contributed by atoms with E-state index in [1.807, 2.05) is 0 Å². The Labute approximate surface area is 202 Å². The predicted molar refractivity (Wildman–Crippen MR) is 126 cm³/mol. The first-order chi connectivity index (χ1) is 16.9. The third-order valence-electron chi connectivity index (χ3n) is 5.87. The van der Waals surface area contributed by atoms with Gasteiger partial charge in [-0.05, 0) is 49.6 Å². The van der Waals surface area contributed by atoms with Crippen LogP contribution in [0.4, 0.5) is 10.1 Å². The first-order valence-corrected chi connectivity index (χ1v) is 11.3. The number of halogens is 1. The number of aromatic nitrogens is 2. The van der Waals surface area contributed by atoms with E-state index < -0.39 is 0 Å².